The summed E-state index contributed by atoms with van der Waals surface area (Å²) in [7, 11) is 1.45. The Hall–Kier alpha value is -12.1. The van der Waals surface area contributed by atoms with Crippen LogP contribution < -0.4 is 69.4 Å². The van der Waals surface area contributed by atoms with Crippen molar-refractivity contribution in [3.63, 3.8) is 0 Å². The Bertz CT molecular complexity index is 4500. The fourth-order valence-electron chi connectivity index (χ4n) is 13.5. The molecule has 3 aromatic heterocycles. The number of fused-ring (bicyclic) bond motifs is 36. The van der Waals surface area contributed by atoms with Crippen molar-refractivity contribution in [3.05, 3.63) is 155 Å². The fraction of sp³-hybridized carbons (Fsp3) is 0.421. The SMILES string of the molecule is COc1ccc(C[C@@H]2NC(=O)[C@H](Cc3cnc[nH]3)NC(=O)[C@H](CC(=O)O)NC(=O)[C@H](Cc3c[nH]c4ccc(F)cc34)NC(=O)[C@H](Cc3c[nH]c4ccc(F)cc34)NC(=O)[C@@H](C)NC(=O)[C@H](CCCCN)NC(=O)[C@@H](NC(C)=O)CCCCCNC(=O)c3ccc(cc3)C[C@@H](C(N)=O)NC(=O)[C@]3(C)CCCN3C2=O)cc1. The first kappa shape index (κ1) is 82.0. The molecule has 10 rings (SSSR count). The lowest BCUT2D eigenvalue weighted by Crippen LogP contribution is -2.63. The smallest absolute Gasteiger partial charge is 0.305 e. The number of halogens is 2. The molecule has 0 spiro atoms. The largest absolute Gasteiger partial charge is 0.497 e. The van der Waals surface area contributed by atoms with Gasteiger partial charge in [-0.3, -0.25) is 62.3 Å². The quantitative estimate of drug-likeness (QED) is 0.0452. The van der Waals surface area contributed by atoms with Gasteiger partial charge in [-0.25, -0.2) is 13.8 Å². The summed E-state index contributed by atoms with van der Waals surface area (Å²) >= 11 is 0. The lowest BCUT2D eigenvalue weighted by Gasteiger charge is -2.37. The number of carbonyl (C=O) groups is 13. The van der Waals surface area contributed by atoms with Crippen LogP contribution in [0.3, 0.4) is 0 Å². The molecule has 18 N–H and O–H groups in total. The number of aromatic amines is 3. The number of carboxylic acids is 1. The minimum Gasteiger partial charge on any atom is -0.497 e. The average molecular weight is 1520 g/mol. The molecule has 6 heterocycles. The Morgan fingerprint density at radius 1 is 0.645 bits per heavy atom. The predicted molar refractivity (Wildman–Crippen MR) is 396 cm³/mol. The number of ether oxygens (including phenoxy) is 1. The Morgan fingerprint density at radius 2 is 1.22 bits per heavy atom. The third-order valence-corrected chi connectivity index (χ3v) is 19.6. The van der Waals surface area contributed by atoms with Gasteiger partial charge in [0.2, 0.25) is 65.0 Å². The van der Waals surface area contributed by atoms with Gasteiger partial charge in [0.05, 0.1) is 19.9 Å². The second-order valence-corrected chi connectivity index (χ2v) is 27.8. The van der Waals surface area contributed by atoms with Gasteiger partial charge in [0.1, 0.15) is 77.3 Å². The second kappa shape index (κ2) is 38.1. The van der Waals surface area contributed by atoms with Crippen molar-refractivity contribution in [2.75, 3.05) is 26.7 Å². The number of amides is 12. The maximum Gasteiger partial charge on any atom is 0.305 e. The molecule has 12 amide bonds. The Balaban J connectivity index is 1.08. The van der Waals surface area contributed by atoms with Crippen LogP contribution in [0, 0.1) is 11.6 Å². The van der Waals surface area contributed by atoms with E-state index in [-0.39, 0.29) is 91.3 Å². The highest BCUT2D eigenvalue weighted by molar-refractivity contribution is 6.01. The van der Waals surface area contributed by atoms with Gasteiger partial charge in [-0.15, -0.1) is 0 Å². The van der Waals surface area contributed by atoms with Gasteiger partial charge in [0, 0.05) is 104 Å². The number of carbonyl (C=O) groups excluding carboxylic acids is 12. The maximum atomic E-state index is 15.4. The molecular weight excluding hydrogens is 1430 g/mol. The monoisotopic (exact) mass is 1520 g/mol. The van der Waals surface area contributed by atoms with Gasteiger partial charge in [0.25, 0.3) is 5.91 Å². The number of hydrogen-bond acceptors (Lipinski definition) is 16. The molecule has 3 aliphatic heterocycles. The van der Waals surface area contributed by atoms with Crippen LogP contribution >= 0.6 is 0 Å². The second-order valence-electron chi connectivity index (χ2n) is 27.8. The first-order valence-electron chi connectivity index (χ1n) is 36.3. The first-order valence-corrected chi connectivity index (χ1v) is 36.3. The van der Waals surface area contributed by atoms with Crippen LogP contribution in [0.15, 0.2) is 110 Å². The molecule has 3 aliphatic rings. The van der Waals surface area contributed by atoms with Crippen molar-refractivity contribution in [2.45, 2.75) is 177 Å². The van der Waals surface area contributed by atoms with E-state index in [1.807, 2.05) is 0 Å². The number of primary amides is 1. The van der Waals surface area contributed by atoms with E-state index in [2.05, 4.69) is 73.1 Å². The van der Waals surface area contributed by atoms with E-state index in [1.54, 1.807) is 36.4 Å². The summed E-state index contributed by atoms with van der Waals surface area (Å²) in [5, 5.41) is 37.4. The van der Waals surface area contributed by atoms with E-state index in [0.717, 1.165) is 6.07 Å². The topological polar surface area (TPSA) is 487 Å². The number of carboxylic acid groups (broad SMARTS) is 1. The van der Waals surface area contributed by atoms with Gasteiger partial charge in [-0.05, 0) is 148 Å². The van der Waals surface area contributed by atoms with E-state index >= 15 is 23.6 Å². The average Bonchev–Trinajstić information content (AvgIpc) is 1.59. The van der Waals surface area contributed by atoms with E-state index in [0.29, 0.717) is 60.0 Å². The standard InChI is InChI=1S/C76H93F2N17O15/c1-41-66(100)89-59(31-46-37-83-54-23-19-48(77)33-52(46)54)70(104)90-60(32-47-38-84-55-24-20-49(78)34-53(47)55)71(105)92-62(36-64(97)98)73(107)91-61(35-50-39-81-40-85-50)72(106)93-63(30-44-15-21-51(110-4)22-16-44)74(108)95-28-10-25-76(95,3)75(109)94-58(65(80)99)29-43-13-17-45(18-14-43)67(101)82-27-9-5-6-11-56(87-42(2)96)69(103)88-57(68(102)86-41)12-7-8-26-79/h13-24,33-34,37-41,56-63,83-84H,5-12,25-32,35-36,79H2,1-4H3,(H2,80,99)(H,81,85)(H,82,101)(H,86,102)(H,87,96)(H,88,103)(H,89,100)(H,90,104)(H,91,107)(H,92,105)(H,93,106)(H,94,109)(H,97,98)/t41-,56+,57+,58+,59+,60+,61+,62+,63+,76+/m1/s1. The summed E-state index contributed by atoms with van der Waals surface area (Å²) in [6, 6.07) is 6.10. The number of nitrogens with one attached hydrogen (secondary N) is 13. The summed E-state index contributed by atoms with van der Waals surface area (Å²) in [5.41, 5.74) is 12.9. The van der Waals surface area contributed by atoms with E-state index in [4.69, 9.17) is 16.2 Å². The number of imidazole rings is 1. The zero-order chi connectivity index (χ0) is 79.3. The minimum atomic E-state index is -2.08. The Labute approximate surface area is 631 Å². The molecule has 7 aromatic rings. The zero-order valence-corrected chi connectivity index (χ0v) is 61.3. The lowest BCUT2D eigenvalue weighted by molar-refractivity contribution is -0.147. The molecule has 0 unspecified atom stereocenters. The van der Waals surface area contributed by atoms with Crippen LogP contribution in [0.2, 0.25) is 0 Å². The summed E-state index contributed by atoms with van der Waals surface area (Å²) in [5.74, 6) is -13.2. The van der Waals surface area contributed by atoms with Crippen LogP contribution in [0.5, 0.6) is 5.75 Å². The normalized spacial score (nSPS) is 23.3. The number of H-pyrrole nitrogens is 3. The van der Waals surface area contributed by atoms with Crippen molar-refractivity contribution >= 4 is 98.7 Å². The van der Waals surface area contributed by atoms with Gasteiger partial charge >= 0.3 is 5.97 Å². The molecule has 4 aromatic carbocycles. The van der Waals surface area contributed by atoms with Gasteiger partial charge < -0.3 is 94.3 Å². The molecule has 1 fully saturated rings. The fourth-order valence-corrected chi connectivity index (χ4v) is 13.5. The number of aliphatic carboxylic acids is 1. The van der Waals surface area contributed by atoms with E-state index < -0.39 is 174 Å². The maximum absolute atomic E-state index is 15.4. The number of unbranched alkanes of at least 4 members (excludes halogenated alkanes) is 1. The molecule has 0 radical (unpaired) electrons. The molecule has 0 aliphatic carbocycles. The molecular formula is C76H93F2N17O15. The summed E-state index contributed by atoms with van der Waals surface area (Å²) < 4.78 is 35.4. The van der Waals surface area contributed by atoms with Crippen molar-refractivity contribution in [1.29, 1.82) is 0 Å². The third-order valence-electron chi connectivity index (χ3n) is 19.6. The number of hydrogen-bond donors (Lipinski definition) is 16. The summed E-state index contributed by atoms with van der Waals surface area (Å²) in [4.78, 5) is 200. The van der Waals surface area contributed by atoms with Gasteiger partial charge in [0.15, 0.2) is 0 Å². The number of aromatic nitrogens is 4. The van der Waals surface area contributed by atoms with Crippen molar-refractivity contribution in [3.8, 4) is 5.75 Å². The molecule has 34 heteroatoms. The first-order chi connectivity index (χ1) is 52.6. The van der Waals surface area contributed by atoms with Gasteiger partial charge in [-0.1, -0.05) is 37.1 Å². The minimum absolute atomic E-state index is 0.0137. The molecule has 0 saturated carbocycles. The van der Waals surface area contributed by atoms with Crippen LogP contribution in [0.1, 0.15) is 123 Å². The number of rotatable bonds is 17. The molecule has 32 nitrogen and oxygen atoms in total. The number of methoxy groups -OCH3 is 1. The van der Waals surface area contributed by atoms with Crippen LogP contribution in [-0.2, 0) is 89.6 Å². The molecule has 586 valence electrons. The highest BCUT2D eigenvalue weighted by Gasteiger charge is 2.49. The number of nitrogens with two attached hydrogens (primary N) is 2. The van der Waals surface area contributed by atoms with Crippen molar-refractivity contribution in [1.82, 2.24) is 78.0 Å². The van der Waals surface area contributed by atoms with E-state index in [1.165, 1.54) is 100 Å². The molecule has 110 heavy (non-hydrogen) atoms. The van der Waals surface area contributed by atoms with Crippen molar-refractivity contribution in [2.24, 2.45) is 11.5 Å². The lowest BCUT2D eigenvalue weighted by atomic mass is 9.94. The highest BCUT2D eigenvalue weighted by atomic mass is 19.1. The van der Waals surface area contributed by atoms with Crippen molar-refractivity contribution < 1.29 is 81.0 Å². The molecule has 2 bridgehead atoms. The number of benzene rings is 4. The Morgan fingerprint density at radius 3 is 1.79 bits per heavy atom. The predicted octanol–water partition coefficient (Wildman–Crippen LogP) is 1.35. The molecule has 1 saturated heterocycles. The Kier molecular flexibility index (Phi) is 28.4. The molecule has 10 atom stereocenters. The summed E-state index contributed by atoms with van der Waals surface area (Å²) in [6.07, 6.45) is 5.13. The number of nitrogens with zero attached hydrogens (tertiary/aromatic N) is 2. The van der Waals surface area contributed by atoms with Crippen LogP contribution in [0.25, 0.3) is 21.8 Å². The highest BCUT2D eigenvalue weighted by Crippen LogP contribution is 2.32. The van der Waals surface area contributed by atoms with Gasteiger partial charge in [-0.2, -0.15) is 0 Å². The zero-order valence-electron chi connectivity index (χ0n) is 61.3. The van der Waals surface area contributed by atoms with E-state index in [9.17, 15) is 52.6 Å². The third kappa shape index (κ3) is 22.1. The van der Waals surface area contributed by atoms with Crippen LogP contribution in [0.4, 0.5) is 8.78 Å². The summed E-state index contributed by atoms with van der Waals surface area (Å²) in [6.45, 7) is 4.42. The van der Waals surface area contributed by atoms with Crippen LogP contribution in [-0.4, -0.2) is 193 Å².